The highest BCUT2D eigenvalue weighted by Crippen LogP contribution is 2.31. The number of pyridine rings is 1. The third-order valence-corrected chi connectivity index (χ3v) is 4.72. The third-order valence-electron chi connectivity index (χ3n) is 4.72. The monoisotopic (exact) mass is 318 g/mol. The highest BCUT2D eigenvalue weighted by atomic mass is 16.3. The summed E-state index contributed by atoms with van der Waals surface area (Å²) in [6.45, 7) is 0.531. The number of aliphatic hydroxyl groups is 1. The first-order valence-corrected chi connectivity index (χ1v) is 8.13. The second kappa shape index (κ2) is 6.06. The van der Waals surface area contributed by atoms with Crippen LogP contribution in [0.5, 0.6) is 0 Å². The standard InChI is InChI=1S/C20H18N2O2/c23-13-19-15-6-2-1-5-14(15)10-12-22(19)20(24)17-7-3-9-18-16(17)8-4-11-21-18/h1-9,11,19,23H,10,12-13H2/t19-/m0/s1. The van der Waals surface area contributed by atoms with Gasteiger partial charge in [0.25, 0.3) is 5.91 Å². The minimum atomic E-state index is -0.297. The molecule has 1 atom stereocenters. The number of amides is 1. The van der Waals surface area contributed by atoms with Gasteiger partial charge >= 0.3 is 0 Å². The zero-order valence-corrected chi connectivity index (χ0v) is 13.2. The van der Waals surface area contributed by atoms with Gasteiger partial charge in [0.2, 0.25) is 0 Å². The molecule has 0 saturated carbocycles. The zero-order valence-electron chi connectivity index (χ0n) is 13.2. The molecule has 4 heteroatoms. The number of hydrogen-bond acceptors (Lipinski definition) is 3. The van der Waals surface area contributed by atoms with E-state index in [1.54, 1.807) is 11.1 Å². The molecule has 0 saturated heterocycles. The van der Waals surface area contributed by atoms with Gasteiger partial charge in [0.05, 0.1) is 18.2 Å². The van der Waals surface area contributed by atoms with Gasteiger partial charge in [-0.1, -0.05) is 36.4 Å². The molecule has 0 aliphatic carbocycles. The Morgan fingerprint density at radius 1 is 1.12 bits per heavy atom. The molecule has 4 nitrogen and oxygen atoms in total. The van der Waals surface area contributed by atoms with Crippen molar-refractivity contribution in [2.75, 3.05) is 13.2 Å². The molecule has 2 heterocycles. The van der Waals surface area contributed by atoms with E-state index in [4.69, 9.17) is 0 Å². The molecule has 1 aromatic heterocycles. The van der Waals surface area contributed by atoms with E-state index in [-0.39, 0.29) is 18.6 Å². The molecule has 0 bridgehead atoms. The van der Waals surface area contributed by atoms with Crippen LogP contribution in [0.4, 0.5) is 0 Å². The summed E-state index contributed by atoms with van der Waals surface area (Å²) in [4.78, 5) is 19.3. The second-order valence-electron chi connectivity index (χ2n) is 6.02. The van der Waals surface area contributed by atoms with Crippen LogP contribution >= 0.6 is 0 Å². The first kappa shape index (κ1) is 14.8. The quantitative estimate of drug-likeness (QED) is 0.790. The molecule has 0 radical (unpaired) electrons. The summed E-state index contributed by atoms with van der Waals surface area (Å²) >= 11 is 0. The van der Waals surface area contributed by atoms with Gasteiger partial charge in [-0.3, -0.25) is 9.78 Å². The van der Waals surface area contributed by atoms with Crippen LogP contribution in [0.2, 0.25) is 0 Å². The van der Waals surface area contributed by atoms with Gasteiger partial charge in [-0.25, -0.2) is 0 Å². The van der Waals surface area contributed by atoms with Crippen LogP contribution in [0.25, 0.3) is 10.9 Å². The molecule has 3 aromatic rings. The minimum absolute atomic E-state index is 0.0536. The number of aromatic nitrogens is 1. The number of carbonyl (C=O) groups excluding carboxylic acids is 1. The van der Waals surface area contributed by atoms with Gasteiger partial charge in [0.15, 0.2) is 0 Å². The fourth-order valence-electron chi connectivity index (χ4n) is 3.54. The number of carbonyl (C=O) groups is 1. The average molecular weight is 318 g/mol. The lowest BCUT2D eigenvalue weighted by molar-refractivity contribution is 0.0570. The molecule has 1 amide bonds. The molecule has 0 unspecified atom stereocenters. The van der Waals surface area contributed by atoms with Crippen molar-refractivity contribution in [1.29, 1.82) is 0 Å². The number of hydrogen-bond donors (Lipinski definition) is 1. The van der Waals surface area contributed by atoms with Crippen LogP contribution in [0.3, 0.4) is 0 Å². The Balaban J connectivity index is 1.77. The van der Waals surface area contributed by atoms with Gasteiger partial charge < -0.3 is 10.0 Å². The summed E-state index contributed by atoms with van der Waals surface area (Å²) in [5.74, 6) is -0.0536. The van der Waals surface area contributed by atoms with Gasteiger partial charge in [-0.2, -0.15) is 0 Å². The molecule has 24 heavy (non-hydrogen) atoms. The Hall–Kier alpha value is -2.72. The number of benzene rings is 2. The lowest BCUT2D eigenvalue weighted by Gasteiger charge is -2.36. The largest absolute Gasteiger partial charge is 0.394 e. The van der Waals surface area contributed by atoms with Crippen LogP contribution in [0, 0.1) is 0 Å². The SMILES string of the molecule is O=C(c1cccc2ncccc12)N1CCc2ccccc2[C@@H]1CO. The van der Waals surface area contributed by atoms with Crippen LogP contribution < -0.4 is 0 Å². The molecule has 0 spiro atoms. The molecule has 120 valence electrons. The molecular formula is C20H18N2O2. The second-order valence-corrected chi connectivity index (χ2v) is 6.02. The summed E-state index contributed by atoms with van der Waals surface area (Å²) in [5.41, 5.74) is 3.69. The maximum absolute atomic E-state index is 13.2. The number of rotatable bonds is 2. The lowest BCUT2D eigenvalue weighted by atomic mass is 9.92. The zero-order chi connectivity index (χ0) is 16.5. The van der Waals surface area contributed by atoms with Gasteiger partial charge in [-0.15, -0.1) is 0 Å². The minimum Gasteiger partial charge on any atom is -0.394 e. The van der Waals surface area contributed by atoms with E-state index in [1.807, 2.05) is 48.5 Å². The van der Waals surface area contributed by atoms with Crippen molar-refractivity contribution in [3.63, 3.8) is 0 Å². The van der Waals surface area contributed by atoms with Crippen molar-refractivity contribution in [2.45, 2.75) is 12.5 Å². The van der Waals surface area contributed by atoms with Crippen LogP contribution in [-0.2, 0) is 6.42 Å². The third kappa shape index (κ3) is 2.36. The summed E-state index contributed by atoms with van der Waals surface area (Å²) < 4.78 is 0. The maximum Gasteiger partial charge on any atom is 0.255 e. The normalized spacial score (nSPS) is 16.9. The Labute approximate surface area is 140 Å². The Kier molecular flexibility index (Phi) is 3.75. The maximum atomic E-state index is 13.2. The number of aliphatic hydroxyl groups excluding tert-OH is 1. The predicted octanol–water partition coefficient (Wildman–Crippen LogP) is 2.97. The molecule has 2 aromatic carbocycles. The van der Waals surface area contributed by atoms with Crippen molar-refractivity contribution >= 4 is 16.8 Å². The summed E-state index contributed by atoms with van der Waals surface area (Å²) in [6, 6.07) is 17.1. The number of fused-ring (bicyclic) bond motifs is 2. The highest BCUT2D eigenvalue weighted by molar-refractivity contribution is 6.06. The molecule has 1 aliphatic heterocycles. The van der Waals surface area contributed by atoms with E-state index in [9.17, 15) is 9.90 Å². The summed E-state index contributed by atoms with van der Waals surface area (Å²) in [7, 11) is 0. The average Bonchev–Trinajstić information content (AvgIpc) is 2.66. The first-order valence-electron chi connectivity index (χ1n) is 8.13. The van der Waals surface area contributed by atoms with Gasteiger partial charge in [0.1, 0.15) is 0 Å². The van der Waals surface area contributed by atoms with Crippen molar-refractivity contribution in [2.24, 2.45) is 0 Å². The van der Waals surface area contributed by atoms with Crippen molar-refractivity contribution < 1.29 is 9.90 Å². The lowest BCUT2D eigenvalue weighted by Crippen LogP contribution is -2.41. The topological polar surface area (TPSA) is 53.4 Å². The molecular weight excluding hydrogens is 300 g/mol. The van der Waals surface area contributed by atoms with Gasteiger partial charge in [-0.05, 0) is 35.7 Å². The van der Waals surface area contributed by atoms with Crippen LogP contribution in [0.1, 0.15) is 27.5 Å². The van der Waals surface area contributed by atoms with Crippen LogP contribution in [0.15, 0.2) is 60.8 Å². The summed E-state index contributed by atoms with van der Waals surface area (Å²) in [6.07, 6.45) is 2.53. The van der Waals surface area contributed by atoms with Crippen LogP contribution in [-0.4, -0.2) is 34.0 Å². The Bertz CT molecular complexity index is 902. The highest BCUT2D eigenvalue weighted by Gasteiger charge is 2.31. The van der Waals surface area contributed by atoms with Crippen molar-refractivity contribution in [1.82, 2.24) is 9.88 Å². The Morgan fingerprint density at radius 3 is 2.88 bits per heavy atom. The fourth-order valence-corrected chi connectivity index (χ4v) is 3.54. The predicted molar refractivity (Wildman–Crippen MR) is 92.8 cm³/mol. The van der Waals surface area contributed by atoms with E-state index in [0.29, 0.717) is 12.1 Å². The molecule has 1 aliphatic rings. The smallest absolute Gasteiger partial charge is 0.255 e. The van der Waals surface area contributed by atoms with Crippen molar-refractivity contribution in [3.8, 4) is 0 Å². The Morgan fingerprint density at radius 2 is 2.00 bits per heavy atom. The van der Waals surface area contributed by atoms with E-state index < -0.39 is 0 Å². The van der Waals surface area contributed by atoms with E-state index in [0.717, 1.165) is 22.9 Å². The van der Waals surface area contributed by atoms with Gasteiger partial charge in [0, 0.05) is 23.7 Å². The molecule has 4 rings (SSSR count). The molecule has 0 fully saturated rings. The number of nitrogens with zero attached hydrogens (tertiary/aromatic N) is 2. The van der Waals surface area contributed by atoms with E-state index in [2.05, 4.69) is 11.1 Å². The fraction of sp³-hybridized carbons (Fsp3) is 0.200. The van der Waals surface area contributed by atoms with Crippen molar-refractivity contribution in [3.05, 3.63) is 77.5 Å². The first-order chi connectivity index (χ1) is 11.8. The summed E-state index contributed by atoms with van der Waals surface area (Å²) in [5, 5.41) is 10.8. The molecule has 1 N–H and O–H groups in total. The van der Waals surface area contributed by atoms with E-state index in [1.165, 1.54) is 5.56 Å². The van der Waals surface area contributed by atoms with E-state index >= 15 is 0 Å².